The summed E-state index contributed by atoms with van der Waals surface area (Å²) in [5.41, 5.74) is 1.95. The van der Waals surface area contributed by atoms with Crippen LogP contribution in [0.4, 0.5) is 4.39 Å². The monoisotopic (exact) mass is 280 g/mol. The zero-order valence-corrected chi connectivity index (χ0v) is 11.4. The van der Waals surface area contributed by atoms with Gasteiger partial charge in [0.05, 0.1) is 5.69 Å². The Morgan fingerprint density at radius 1 is 1.47 bits per heavy atom. The Hall–Kier alpha value is -1.82. The van der Waals surface area contributed by atoms with Gasteiger partial charge in [0.15, 0.2) is 0 Å². The van der Waals surface area contributed by atoms with Crippen LogP contribution in [0, 0.1) is 19.7 Å². The van der Waals surface area contributed by atoms with Gasteiger partial charge in [0.25, 0.3) is 5.91 Å². The van der Waals surface area contributed by atoms with Crippen LogP contribution in [0.3, 0.4) is 0 Å². The van der Waals surface area contributed by atoms with Crippen molar-refractivity contribution in [1.29, 1.82) is 0 Å². The summed E-state index contributed by atoms with van der Waals surface area (Å²) in [6, 6.07) is 4.02. The normalized spacial score (nSPS) is 10.5. The van der Waals surface area contributed by atoms with E-state index in [9.17, 15) is 9.18 Å². The van der Waals surface area contributed by atoms with Crippen molar-refractivity contribution in [2.75, 3.05) is 0 Å². The van der Waals surface area contributed by atoms with Crippen molar-refractivity contribution in [3.63, 3.8) is 0 Å². The van der Waals surface area contributed by atoms with Gasteiger partial charge in [0.1, 0.15) is 11.6 Å². The molecule has 100 valence electrons. The molecule has 0 aliphatic carbocycles. The zero-order chi connectivity index (χ0) is 14.0. The van der Waals surface area contributed by atoms with E-state index in [-0.39, 0.29) is 10.8 Å². The third kappa shape index (κ3) is 2.96. The van der Waals surface area contributed by atoms with Crippen LogP contribution >= 0.6 is 12.6 Å². The highest BCUT2D eigenvalue weighted by Crippen LogP contribution is 2.15. The smallest absolute Gasteiger partial charge is 0.251 e. The van der Waals surface area contributed by atoms with Gasteiger partial charge in [0, 0.05) is 22.6 Å². The minimum absolute atomic E-state index is 0.144. The molecule has 1 aromatic heterocycles. The second kappa shape index (κ2) is 5.44. The summed E-state index contributed by atoms with van der Waals surface area (Å²) in [5.74, 6) is -0.0762. The molecule has 1 amide bonds. The number of hydrogen-bond donors (Lipinski definition) is 2. The van der Waals surface area contributed by atoms with E-state index in [1.165, 1.54) is 18.2 Å². The molecule has 4 nitrogen and oxygen atoms in total. The van der Waals surface area contributed by atoms with Gasteiger partial charge in [-0.15, -0.1) is 12.6 Å². The summed E-state index contributed by atoms with van der Waals surface area (Å²) < 4.78 is 18.1. The first-order valence-corrected chi connectivity index (χ1v) is 6.12. The maximum atomic E-state index is 13.0. The molecule has 1 N–H and O–H groups in total. The Bertz CT molecular complexity index is 606. The number of amides is 1. The van der Waals surface area contributed by atoms with Crippen LogP contribution in [0.25, 0.3) is 0 Å². The van der Waals surface area contributed by atoms with Crippen molar-refractivity contribution in [1.82, 2.24) is 10.5 Å². The molecule has 6 heteroatoms. The number of benzene rings is 1. The maximum Gasteiger partial charge on any atom is 0.251 e. The van der Waals surface area contributed by atoms with Crippen LogP contribution in [0.2, 0.25) is 0 Å². The van der Waals surface area contributed by atoms with Crippen LogP contribution in [-0.2, 0) is 6.54 Å². The van der Waals surface area contributed by atoms with Gasteiger partial charge < -0.3 is 9.84 Å². The molecule has 0 aliphatic rings. The van der Waals surface area contributed by atoms with Crippen molar-refractivity contribution >= 4 is 18.5 Å². The number of hydrogen-bond acceptors (Lipinski definition) is 4. The second-order valence-electron chi connectivity index (χ2n) is 4.15. The molecule has 0 saturated heterocycles. The highest BCUT2D eigenvalue weighted by molar-refractivity contribution is 7.80. The Balaban J connectivity index is 2.07. The molecule has 0 unspecified atom stereocenters. The van der Waals surface area contributed by atoms with Gasteiger partial charge in [-0.3, -0.25) is 4.79 Å². The van der Waals surface area contributed by atoms with E-state index in [0.29, 0.717) is 17.9 Å². The Morgan fingerprint density at radius 2 is 2.21 bits per heavy atom. The lowest BCUT2D eigenvalue weighted by Crippen LogP contribution is -2.23. The fourth-order valence-electron chi connectivity index (χ4n) is 1.68. The van der Waals surface area contributed by atoms with E-state index >= 15 is 0 Å². The maximum absolute atomic E-state index is 13.0. The van der Waals surface area contributed by atoms with E-state index in [2.05, 4.69) is 23.1 Å². The first-order valence-electron chi connectivity index (χ1n) is 5.67. The van der Waals surface area contributed by atoms with Crippen LogP contribution in [0.15, 0.2) is 27.6 Å². The average Bonchev–Trinajstić information content (AvgIpc) is 2.69. The topological polar surface area (TPSA) is 55.1 Å². The Labute approximate surface area is 115 Å². The lowest BCUT2D eigenvalue weighted by atomic mass is 10.2. The molecular weight excluding hydrogens is 267 g/mol. The van der Waals surface area contributed by atoms with Crippen molar-refractivity contribution < 1.29 is 13.7 Å². The minimum Gasteiger partial charge on any atom is -0.361 e. The van der Waals surface area contributed by atoms with Crippen LogP contribution < -0.4 is 5.32 Å². The van der Waals surface area contributed by atoms with Crippen molar-refractivity contribution in [2.45, 2.75) is 25.3 Å². The first-order chi connectivity index (χ1) is 8.99. The number of rotatable bonds is 3. The second-order valence-corrected chi connectivity index (χ2v) is 4.63. The van der Waals surface area contributed by atoms with E-state index in [0.717, 1.165) is 11.3 Å². The predicted molar refractivity (Wildman–Crippen MR) is 70.8 cm³/mol. The summed E-state index contributed by atoms with van der Waals surface area (Å²) in [7, 11) is 0. The molecule has 0 bridgehead atoms. The van der Waals surface area contributed by atoms with Crippen LogP contribution in [0.5, 0.6) is 0 Å². The summed E-state index contributed by atoms with van der Waals surface area (Å²) in [6.45, 7) is 3.91. The Kier molecular flexibility index (Phi) is 3.90. The van der Waals surface area contributed by atoms with Crippen molar-refractivity contribution in [3.8, 4) is 0 Å². The van der Waals surface area contributed by atoms with Gasteiger partial charge in [-0.05, 0) is 32.0 Å². The molecule has 0 spiro atoms. The van der Waals surface area contributed by atoms with Gasteiger partial charge in [0.2, 0.25) is 0 Å². The quantitative estimate of drug-likeness (QED) is 0.850. The SMILES string of the molecule is Cc1noc(C)c1CNC(=O)c1ccc(F)c(S)c1. The predicted octanol–water partition coefficient (Wildman–Crippen LogP) is 2.65. The number of thiol groups is 1. The van der Waals surface area contributed by atoms with Crippen molar-refractivity contribution in [3.05, 3.63) is 46.6 Å². The molecule has 0 fully saturated rings. The summed E-state index contributed by atoms with van der Waals surface area (Å²) in [6.07, 6.45) is 0. The van der Waals surface area contributed by atoms with Gasteiger partial charge in [-0.1, -0.05) is 5.16 Å². The van der Waals surface area contributed by atoms with Gasteiger partial charge in [-0.2, -0.15) is 0 Å². The lowest BCUT2D eigenvalue weighted by Gasteiger charge is -2.05. The third-order valence-electron chi connectivity index (χ3n) is 2.82. The highest BCUT2D eigenvalue weighted by atomic mass is 32.1. The summed E-state index contributed by atoms with van der Waals surface area (Å²) in [5, 5.41) is 6.54. The summed E-state index contributed by atoms with van der Waals surface area (Å²) in [4.78, 5) is 12.1. The molecule has 0 atom stereocenters. The number of aryl methyl sites for hydroxylation is 2. The van der Waals surface area contributed by atoms with Crippen molar-refractivity contribution in [2.24, 2.45) is 0 Å². The fourth-order valence-corrected chi connectivity index (χ4v) is 1.89. The number of carbonyl (C=O) groups is 1. The number of nitrogens with one attached hydrogen (secondary N) is 1. The molecule has 2 aromatic rings. The van der Waals surface area contributed by atoms with E-state index in [1.807, 2.05) is 6.92 Å². The minimum atomic E-state index is -0.453. The molecule has 1 aromatic carbocycles. The molecule has 2 rings (SSSR count). The molecule has 0 radical (unpaired) electrons. The molecule has 19 heavy (non-hydrogen) atoms. The first kappa shape index (κ1) is 13.6. The fraction of sp³-hybridized carbons (Fsp3) is 0.231. The average molecular weight is 280 g/mol. The van der Waals surface area contributed by atoms with Gasteiger partial charge >= 0.3 is 0 Å². The van der Waals surface area contributed by atoms with E-state index in [1.54, 1.807) is 6.92 Å². The number of carbonyl (C=O) groups excluding carboxylic acids is 1. The Morgan fingerprint density at radius 3 is 2.79 bits per heavy atom. The zero-order valence-electron chi connectivity index (χ0n) is 10.5. The number of nitrogens with zero attached hydrogens (tertiary/aromatic N) is 1. The van der Waals surface area contributed by atoms with Crippen LogP contribution in [0.1, 0.15) is 27.4 Å². The number of aromatic nitrogens is 1. The standard InChI is InChI=1S/C13H13FN2O2S/c1-7-10(8(2)18-16-7)6-15-13(17)9-3-4-11(14)12(19)5-9/h3-5,19H,6H2,1-2H3,(H,15,17). The largest absolute Gasteiger partial charge is 0.361 e. The highest BCUT2D eigenvalue weighted by Gasteiger charge is 2.12. The third-order valence-corrected chi connectivity index (χ3v) is 3.16. The van der Waals surface area contributed by atoms with E-state index in [4.69, 9.17) is 4.52 Å². The molecule has 1 heterocycles. The molecular formula is C13H13FN2O2S. The number of halogens is 1. The molecule has 0 aliphatic heterocycles. The van der Waals surface area contributed by atoms with Gasteiger partial charge in [-0.25, -0.2) is 4.39 Å². The van der Waals surface area contributed by atoms with E-state index < -0.39 is 5.82 Å². The lowest BCUT2D eigenvalue weighted by molar-refractivity contribution is 0.0950. The van der Waals surface area contributed by atoms with Crippen LogP contribution in [-0.4, -0.2) is 11.1 Å². The molecule has 0 saturated carbocycles. The summed E-state index contributed by atoms with van der Waals surface area (Å²) >= 11 is 3.94.